The van der Waals surface area contributed by atoms with Gasteiger partial charge in [0.25, 0.3) is 0 Å². The molecule has 1 rings (SSSR count). The van der Waals surface area contributed by atoms with Crippen molar-refractivity contribution in [3.05, 3.63) is 0 Å². The molecule has 0 spiro atoms. The minimum Gasteiger partial charge on any atom is -0.383 e. The third-order valence-electron chi connectivity index (χ3n) is 3.66. The van der Waals surface area contributed by atoms with Crippen LogP contribution >= 0.6 is 24.0 Å². The van der Waals surface area contributed by atoms with E-state index in [1.54, 1.807) is 14.2 Å². The molecule has 0 amide bonds. The Morgan fingerprint density at radius 1 is 1.45 bits per heavy atom. The molecular formula is C14H31IN4O. The van der Waals surface area contributed by atoms with Crippen LogP contribution in [0.1, 0.15) is 33.1 Å². The van der Waals surface area contributed by atoms with Crippen LogP contribution in [0, 0.1) is 0 Å². The van der Waals surface area contributed by atoms with Crippen LogP contribution in [-0.2, 0) is 4.74 Å². The van der Waals surface area contributed by atoms with Gasteiger partial charge in [-0.15, -0.1) is 24.0 Å². The van der Waals surface area contributed by atoms with E-state index < -0.39 is 0 Å². The van der Waals surface area contributed by atoms with Crippen LogP contribution in [0.15, 0.2) is 4.99 Å². The van der Waals surface area contributed by atoms with Crippen molar-refractivity contribution in [3.8, 4) is 0 Å². The number of hydrogen-bond donors (Lipinski definition) is 2. The number of nitrogens with one attached hydrogen (secondary N) is 2. The van der Waals surface area contributed by atoms with Gasteiger partial charge in [0.2, 0.25) is 0 Å². The molecule has 1 saturated heterocycles. The van der Waals surface area contributed by atoms with Crippen LogP contribution in [0.4, 0.5) is 0 Å². The Labute approximate surface area is 140 Å². The van der Waals surface area contributed by atoms with E-state index in [2.05, 4.69) is 34.4 Å². The van der Waals surface area contributed by atoms with Gasteiger partial charge >= 0.3 is 0 Å². The molecular weight excluding hydrogens is 367 g/mol. The molecule has 1 aliphatic heterocycles. The topological polar surface area (TPSA) is 48.9 Å². The number of halogens is 1. The highest BCUT2D eigenvalue weighted by Crippen LogP contribution is 2.15. The van der Waals surface area contributed by atoms with Gasteiger partial charge in [0, 0.05) is 39.3 Å². The van der Waals surface area contributed by atoms with Crippen molar-refractivity contribution in [1.29, 1.82) is 0 Å². The van der Waals surface area contributed by atoms with Crippen molar-refractivity contribution in [2.75, 3.05) is 40.4 Å². The zero-order valence-corrected chi connectivity index (χ0v) is 15.6. The predicted molar refractivity (Wildman–Crippen MR) is 96.1 cm³/mol. The summed E-state index contributed by atoms with van der Waals surface area (Å²) in [6.07, 6.45) is 4.04. The van der Waals surface area contributed by atoms with Gasteiger partial charge in [-0.2, -0.15) is 0 Å². The van der Waals surface area contributed by atoms with E-state index in [1.807, 2.05) is 0 Å². The summed E-state index contributed by atoms with van der Waals surface area (Å²) in [5, 5.41) is 6.68. The Morgan fingerprint density at radius 3 is 2.80 bits per heavy atom. The summed E-state index contributed by atoms with van der Waals surface area (Å²) < 4.78 is 5.11. The molecule has 6 heteroatoms. The predicted octanol–water partition coefficient (Wildman–Crippen LogP) is 1.68. The molecule has 5 nitrogen and oxygen atoms in total. The standard InChI is InChI=1S/C14H30N4O.HI/c1-12(11-19-4)17-14(15-3)16-8-10-18-9-6-5-7-13(18)2;/h12-13H,5-11H2,1-4H3,(H2,15,16,17);1H. The van der Waals surface area contributed by atoms with Crippen LogP contribution in [-0.4, -0.2) is 63.3 Å². The first-order valence-electron chi connectivity index (χ1n) is 7.37. The third kappa shape index (κ3) is 7.64. The molecule has 0 aromatic heterocycles. The van der Waals surface area contributed by atoms with E-state index in [0.717, 1.165) is 25.1 Å². The number of aliphatic imine (C=N–C) groups is 1. The molecule has 0 aliphatic carbocycles. The molecule has 1 fully saturated rings. The number of piperidine rings is 1. The average Bonchev–Trinajstić information content (AvgIpc) is 2.40. The summed E-state index contributed by atoms with van der Waals surface area (Å²) in [7, 11) is 3.52. The van der Waals surface area contributed by atoms with Crippen LogP contribution in [0.2, 0.25) is 0 Å². The smallest absolute Gasteiger partial charge is 0.191 e. The number of nitrogens with zero attached hydrogens (tertiary/aromatic N) is 2. The summed E-state index contributed by atoms with van der Waals surface area (Å²) in [6.45, 7) is 8.35. The first-order chi connectivity index (χ1) is 9.17. The van der Waals surface area contributed by atoms with Crippen LogP contribution in [0.25, 0.3) is 0 Å². The molecule has 120 valence electrons. The maximum absolute atomic E-state index is 5.11. The Kier molecular flexibility index (Phi) is 11.5. The van der Waals surface area contributed by atoms with Gasteiger partial charge in [-0.1, -0.05) is 6.42 Å². The molecule has 20 heavy (non-hydrogen) atoms. The van der Waals surface area contributed by atoms with Gasteiger partial charge in [-0.05, 0) is 33.2 Å². The molecule has 0 saturated carbocycles. The van der Waals surface area contributed by atoms with Gasteiger partial charge in [0.05, 0.1) is 6.61 Å². The number of rotatable bonds is 6. The van der Waals surface area contributed by atoms with Crippen molar-refractivity contribution in [2.45, 2.75) is 45.2 Å². The van der Waals surface area contributed by atoms with Gasteiger partial charge in [0.1, 0.15) is 0 Å². The number of guanidine groups is 1. The fraction of sp³-hybridized carbons (Fsp3) is 0.929. The normalized spacial score (nSPS) is 22.0. The lowest BCUT2D eigenvalue weighted by Crippen LogP contribution is -2.47. The summed E-state index contributed by atoms with van der Waals surface area (Å²) in [5.41, 5.74) is 0. The average molecular weight is 398 g/mol. The largest absolute Gasteiger partial charge is 0.383 e. The second kappa shape index (κ2) is 11.6. The fourth-order valence-corrected chi connectivity index (χ4v) is 2.53. The van der Waals surface area contributed by atoms with Crippen LogP contribution < -0.4 is 10.6 Å². The van der Waals surface area contributed by atoms with Crippen molar-refractivity contribution < 1.29 is 4.74 Å². The molecule has 0 bridgehead atoms. The Hall–Kier alpha value is -0.0800. The quantitative estimate of drug-likeness (QED) is 0.406. The number of hydrogen-bond acceptors (Lipinski definition) is 3. The number of methoxy groups -OCH3 is 1. The van der Waals surface area contributed by atoms with Crippen molar-refractivity contribution in [3.63, 3.8) is 0 Å². The second-order valence-corrected chi connectivity index (χ2v) is 5.38. The van der Waals surface area contributed by atoms with E-state index in [4.69, 9.17) is 4.74 Å². The zero-order chi connectivity index (χ0) is 14.1. The molecule has 0 radical (unpaired) electrons. The Morgan fingerprint density at radius 2 is 2.20 bits per heavy atom. The SMILES string of the molecule is CN=C(NCCN1CCCCC1C)NC(C)COC.I. The maximum Gasteiger partial charge on any atom is 0.191 e. The molecule has 1 aliphatic rings. The highest BCUT2D eigenvalue weighted by atomic mass is 127. The summed E-state index contributed by atoms with van der Waals surface area (Å²) >= 11 is 0. The van der Waals surface area contributed by atoms with E-state index in [0.29, 0.717) is 6.61 Å². The van der Waals surface area contributed by atoms with E-state index in [9.17, 15) is 0 Å². The van der Waals surface area contributed by atoms with E-state index in [1.165, 1.54) is 25.8 Å². The molecule has 2 unspecified atom stereocenters. The van der Waals surface area contributed by atoms with Crippen molar-refractivity contribution in [1.82, 2.24) is 15.5 Å². The molecule has 2 atom stereocenters. The van der Waals surface area contributed by atoms with Crippen LogP contribution in [0.3, 0.4) is 0 Å². The van der Waals surface area contributed by atoms with Crippen molar-refractivity contribution in [2.24, 2.45) is 4.99 Å². The minimum absolute atomic E-state index is 0. The number of ether oxygens (including phenoxy) is 1. The van der Waals surface area contributed by atoms with E-state index >= 15 is 0 Å². The minimum atomic E-state index is 0. The zero-order valence-electron chi connectivity index (χ0n) is 13.3. The third-order valence-corrected chi connectivity index (χ3v) is 3.66. The Bertz CT molecular complexity index is 276. The maximum atomic E-state index is 5.11. The first-order valence-corrected chi connectivity index (χ1v) is 7.37. The van der Waals surface area contributed by atoms with Gasteiger partial charge in [-0.3, -0.25) is 9.89 Å². The summed E-state index contributed by atoms with van der Waals surface area (Å²) in [6, 6.07) is 0.989. The molecule has 2 N–H and O–H groups in total. The fourth-order valence-electron chi connectivity index (χ4n) is 2.53. The molecule has 0 aromatic rings. The van der Waals surface area contributed by atoms with Gasteiger partial charge < -0.3 is 15.4 Å². The second-order valence-electron chi connectivity index (χ2n) is 5.38. The highest BCUT2D eigenvalue weighted by molar-refractivity contribution is 14.0. The lowest BCUT2D eigenvalue weighted by Gasteiger charge is -2.33. The van der Waals surface area contributed by atoms with Gasteiger partial charge in [-0.25, -0.2) is 0 Å². The number of likely N-dealkylation sites (tertiary alicyclic amines) is 1. The monoisotopic (exact) mass is 398 g/mol. The highest BCUT2D eigenvalue weighted by Gasteiger charge is 2.17. The van der Waals surface area contributed by atoms with Crippen LogP contribution in [0.5, 0.6) is 0 Å². The lowest BCUT2D eigenvalue weighted by molar-refractivity contribution is 0.163. The molecule has 0 aromatic carbocycles. The summed E-state index contributed by atoms with van der Waals surface area (Å²) in [5.74, 6) is 0.856. The van der Waals surface area contributed by atoms with Gasteiger partial charge in [0.15, 0.2) is 5.96 Å². The first kappa shape index (κ1) is 19.9. The van der Waals surface area contributed by atoms with Crippen molar-refractivity contribution >= 4 is 29.9 Å². The lowest BCUT2D eigenvalue weighted by atomic mass is 10.0. The Balaban J connectivity index is 0.00000361. The summed E-state index contributed by atoms with van der Waals surface area (Å²) in [4.78, 5) is 6.79. The van der Waals surface area contributed by atoms with E-state index in [-0.39, 0.29) is 30.0 Å². The molecule has 1 heterocycles.